The molecule has 2 nitrogen and oxygen atoms in total. The van der Waals surface area contributed by atoms with Crippen LogP contribution in [0.15, 0.2) is 181 Å². The Balaban J connectivity index is 1.21. The fourth-order valence-corrected chi connectivity index (χ4v) is 9.26. The number of fused-ring (bicyclic) bond motifs is 10. The lowest BCUT2D eigenvalue weighted by Gasteiger charge is -2.32. The standard InChI is InChI=1S/C55H47NO/c1-53(2,3)40-21-28-45-46-29-22-41(54(4,5)6)34-50(46)55(49(45)33-40)51-35-44(27-30-47(51)48-31-32-57-52(48)55)56(42-23-17-38(18-24-42)36-13-9-7-10-14-36)43-25-19-39(20-26-43)37-15-11-8-12-16-37/h7-35H,1-6H3. The first-order valence-corrected chi connectivity index (χ1v) is 20.2. The van der Waals surface area contributed by atoms with Crippen LogP contribution >= 0.6 is 0 Å². The summed E-state index contributed by atoms with van der Waals surface area (Å²) >= 11 is 0. The van der Waals surface area contributed by atoms with E-state index in [1.165, 1.54) is 72.3 Å². The molecule has 278 valence electrons. The zero-order chi connectivity index (χ0) is 39.1. The SMILES string of the molecule is CC(C)(C)c1ccc2c(c1)C1(c3cc(C(C)(C)C)ccc3-2)c2cc(N(c3ccc(-c4ccccc4)cc3)c3ccc(-c4ccccc4)cc3)ccc2-c2ccoc21. The van der Waals surface area contributed by atoms with E-state index in [2.05, 4.69) is 216 Å². The highest BCUT2D eigenvalue weighted by molar-refractivity contribution is 5.96. The predicted octanol–water partition coefficient (Wildman–Crippen LogP) is 15.0. The molecule has 0 aliphatic heterocycles. The Hall–Kier alpha value is -6.38. The summed E-state index contributed by atoms with van der Waals surface area (Å²) in [5, 5.41) is 0. The molecule has 8 aromatic rings. The summed E-state index contributed by atoms with van der Waals surface area (Å²) in [6.45, 7) is 13.9. The lowest BCUT2D eigenvalue weighted by Crippen LogP contribution is -2.27. The van der Waals surface area contributed by atoms with Gasteiger partial charge in [0.15, 0.2) is 0 Å². The first-order valence-electron chi connectivity index (χ1n) is 20.2. The summed E-state index contributed by atoms with van der Waals surface area (Å²) < 4.78 is 6.73. The average Bonchev–Trinajstić information content (AvgIpc) is 3.90. The molecule has 1 heterocycles. The van der Waals surface area contributed by atoms with Gasteiger partial charge in [-0.3, -0.25) is 0 Å². The summed E-state index contributed by atoms with van der Waals surface area (Å²) in [5.74, 6) is 1.01. The van der Waals surface area contributed by atoms with Crippen LogP contribution in [0.4, 0.5) is 17.1 Å². The summed E-state index contributed by atoms with van der Waals surface area (Å²) in [4.78, 5) is 2.41. The molecule has 0 bridgehead atoms. The summed E-state index contributed by atoms with van der Waals surface area (Å²) in [6.07, 6.45) is 1.89. The van der Waals surface area contributed by atoms with Gasteiger partial charge in [0.25, 0.3) is 0 Å². The third kappa shape index (κ3) is 5.53. The van der Waals surface area contributed by atoms with Gasteiger partial charge < -0.3 is 9.32 Å². The average molecular weight is 738 g/mol. The summed E-state index contributed by atoms with van der Waals surface area (Å²) in [6, 6.07) is 62.8. The molecule has 0 unspecified atom stereocenters. The Morgan fingerprint density at radius 3 is 1.26 bits per heavy atom. The number of hydrogen-bond donors (Lipinski definition) is 0. The highest BCUT2D eigenvalue weighted by Gasteiger charge is 2.55. The van der Waals surface area contributed by atoms with Crippen LogP contribution in [0.25, 0.3) is 44.5 Å². The van der Waals surface area contributed by atoms with E-state index in [0.717, 1.165) is 22.8 Å². The lowest BCUT2D eigenvalue weighted by atomic mass is 9.71. The number of nitrogens with zero attached hydrogens (tertiary/aromatic N) is 1. The summed E-state index contributed by atoms with van der Waals surface area (Å²) in [7, 11) is 0. The van der Waals surface area contributed by atoms with Gasteiger partial charge in [-0.15, -0.1) is 0 Å². The molecule has 0 fully saturated rings. The van der Waals surface area contributed by atoms with E-state index in [0.29, 0.717) is 0 Å². The van der Waals surface area contributed by atoms with E-state index in [-0.39, 0.29) is 10.8 Å². The van der Waals surface area contributed by atoms with E-state index >= 15 is 0 Å². The van der Waals surface area contributed by atoms with Crippen molar-refractivity contribution < 1.29 is 4.42 Å². The third-order valence-electron chi connectivity index (χ3n) is 12.3. The van der Waals surface area contributed by atoms with Gasteiger partial charge in [0.1, 0.15) is 11.2 Å². The second kappa shape index (κ2) is 12.8. The molecule has 0 amide bonds. The molecule has 7 aromatic carbocycles. The van der Waals surface area contributed by atoms with Crippen molar-refractivity contribution in [2.75, 3.05) is 4.90 Å². The van der Waals surface area contributed by atoms with Crippen molar-refractivity contribution in [3.05, 3.63) is 210 Å². The van der Waals surface area contributed by atoms with E-state index in [1.54, 1.807) is 0 Å². The maximum absolute atomic E-state index is 6.73. The minimum atomic E-state index is -0.614. The number of furan rings is 1. The van der Waals surface area contributed by atoms with Gasteiger partial charge in [0.2, 0.25) is 0 Å². The van der Waals surface area contributed by atoms with Crippen molar-refractivity contribution in [1.29, 1.82) is 0 Å². The molecule has 10 rings (SSSR count). The van der Waals surface area contributed by atoms with E-state index < -0.39 is 5.41 Å². The van der Waals surface area contributed by atoms with Crippen LogP contribution in [-0.2, 0) is 16.2 Å². The number of anilines is 3. The van der Waals surface area contributed by atoms with Gasteiger partial charge in [-0.1, -0.05) is 169 Å². The Morgan fingerprint density at radius 2 is 0.789 bits per heavy atom. The number of hydrogen-bond acceptors (Lipinski definition) is 2. The van der Waals surface area contributed by atoms with Crippen molar-refractivity contribution in [3.63, 3.8) is 0 Å². The third-order valence-corrected chi connectivity index (χ3v) is 12.3. The van der Waals surface area contributed by atoms with Crippen molar-refractivity contribution in [2.45, 2.75) is 57.8 Å². The van der Waals surface area contributed by atoms with Crippen LogP contribution in [0.2, 0.25) is 0 Å². The second-order valence-electron chi connectivity index (χ2n) is 17.8. The largest absolute Gasteiger partial charge is 0.467 e. The van der Waals surface area contributed by atoms with E-state index in [9.17, 15) is 0 Å². The van der Waals surface area contributed by atoms with Gasteiger partial charge in [-0.2, -0.15) is 0 Å². The Bertz CT molecular complexity index is 2630. The quantitative estimate of drug-likeness (QED) is 0.175. The molecule has 1 spiro atoms. The van der Waals surface area contributed by atoms with E-state index in [4.69, 9.17) is 4.42 Å². The van der Waals surface area contributed by atoms with Crippen LogP contribution in [0.5, 0.6) is 0 Å². The lowest BCUT2D eigenvalue weighted by molar-refractivity contribution is 0.472. The molecule has 2 heteroatoms. The molecule has 0 N–H and O–H groups in total. The zero-order valence-electron chi connectivity index (χ0n) is 33.6. The highest BCUT2D eigenvalue weighted by Crippen LogP contribution is 2.64. The fourth-order valence-electron chi connectivity index (χ4n) is 9.26. The molecular formula is C55H47NO. The van der Waals surface area contributed by atoms with Crippen LogP contribution in [0.1, 0.15) is 75.1 Å². The molecule has 0 radical (unpaired) electrons. The Morgan fingerprint density at radius 1 is 0.386 bits per heavy atom. The maximum atomic E-state index is 6.73. The van der Waals surface area contributed by atoms with Crippen LogP contribution in [-0.4, -0.2) is 0 Å². The second-order valence-corrected chi connectivity index (χ2v) is 17.8. The zero-order valence-corrected chi connectivity index (χ0v) is 33.6. The fraction of sp³-hybridized carbons (Fsp3) is 0.164. The molecule has 2 aliphatic carbocycles. The van der Waals surface area contributed by atoms with Gasteiger partial charge in [0.05, 0.1) is 6.26 Å². The molecule has 0 saturated heterocycles. The number of rotatable bonds is 5. The molecule has 57 heavy (non-hydrogen) atoms. The van der Waals surface area contributed by atoms with Gasteiger partial charge in [-0.05, 0) is 120 Å². The van der Waals surface area contributed by atoms with Gasteiger partial charge >= 0.3 is 0 Å². The van der Waals surface area contributed by atoms with Crippen LogP contribution < -0.4 is 4.90 Å². The minimum absolute atomic E-state index is 0.0224. The van der Waals surface area contributed by atoms with Crippen molar-refractivity contribution in [1.82, 2.24) is 0 Å². The highest BCUT2D eigenvalue weighted by atomic mass is 16.3. The molecular weight excluding hydrogens is 691 g/mol. The topological polar surface area (TPSA) is 16.4 Å². The molecule has 1 aromatic heterocycles. The first-order chi connectivity index (χ1) is 27.5. The molecule has 0 saturated carbocycles. The first kappa shape index (κ1) is 35.1. The van der Waals surface area contributed by atoms with Crippen molar-refractivity contribution >= 4 is 17.1 Å². The van der Waals surface area contributed by atoms with Gasteiger partial charge in [0, 0.05) is 22.6 Å². The Labute approximate surface area is 337 Å². The van der Waals surface area contributed by atoms with Crippen molar-refractivity contribution in [3.8, 4) is 44.5 Å². The van der Waals surface area contributed by atoms with Gasteiger partial charge in [-0.25, -0.2) is 0 Å². The maximum Gasteiger partial charge on any atom is 0.131 e. The Kier molecular flexibility index (Phi) is 7.89. The summed E-state index contributed by atoms with van der Waals surface area (Å²) in [5.41, 5.74) is 18.9. The van der Waals surface area contributed by atoms with Crippen molar-refractivity contribution in [2.24, 2.45) is 0 Å². The normalized spacial score (nSPS) is 13.6. The molecule has 2 aliphatic rings. The minimum Gasteiger partial charge on any atom is -0.467 e. The smallest absolute Gasteiger partial charge is 0.131 e. The predicted molar refractivity (Wildman–Crippen MR) is 238 cm³/mol. The number of benzene rings is 7. The van der Waals surface area contributed by atoms with E-state index in [1.807, 2.05) is 6.26 Å². The van der Waals surface area contributed by atoms with Crippen LogP contribution in [0.3, 0.4) is 0 Å². The molecule has 0 atom stereocenters. The van der Waals surface area contributed by atoms with Crippen LogP contribution in [0, 0.1) is 0 Å². The monoisotopic (exact) mass is 737 g/mol.